The van der Waals surface area contributed by atoms with E-state index in [-0.39, 0.29) is 5.91 Å². The summed E-state index contributed by atoms with van der Waals surface area (Å²) in [6.45, 7) is 0. The van der Waals surface area contributed by atoms with Crippen LogP contribution in [0, 0.1) is 0 Å². The number of hydrogen-bond donors (Lipinski definition) is 1. The topological polar surface area (TPSA) is 38.3 Å². The molecule has 2 aromatic carbocycles. The lowest BCUT2D eigenvalue weighted by atomic mass is 10.2. The number of ether oxygens (including phenoxy) is 1. The summed E-state index contributed by atoms with van der Waals surface area (Å²) in [5.41, 5.74) is 1.20. The Morgan fingerprint density at radius 3 is 2.67 bits per heavy atom. The summed E-state index contributed by atoms with van der Waals surface area (Å²) in [6.07, 6.45) is 0. The van der Waals surface area contributed by atoms with Gasteiger partial charge in [-0.2, -0.15) is 0 Å². The van der Waals surface area contributed by atoms with Crippen molar-refractivity contribution in [2.24, 2.45) is 0 Å². The Kier molecular flexibility index (Phi) is 3.85. The number of carbonyl (C=O) groups excluding carboxylic acids is 1. The average molecular weight is 262 g/mol. The molecular formula is C14H12ClNO2. The van der Waals surface area contributed by atoms with Crippen LogP contribution in [0.15, 0.2) is 48.5 Å². The molecule has 92 valence electrons. The number of anilines is 1. The van der Waals surface area contributed by atoms with Gasteiger partial charge in [0.2, 0.25) is 0 Å². The third-order valence-corrected chi connectivity index (χ3v) is 2.65. The Balaban J connectivity index is 2.16. The van der Waals surface area contributed by atoms with Gasteiger partial charge in [0.1, 0.15) is 5.75 Å². The Morgan fingerprint density at radius 1 is 1.17 bits per heavy atom. The van der Waals surface area contributed by atoms with E-state index >= 15 is 0 Å². The molecule has 0 unspecified atom stereocenters. The van der Waals surface area contributed by atoms with Crippen molar-refractivity contribution in [1.29, 1.82) is 0 Å². The van der Waals surface area contributed by atoms with Gasteiger partial charge < -0.3 is 10.1 Å². The summed E-state index contributed by atoms with van der Waals surface area (Å²) in [5, 5.41) is 3.32. The highest BCUT2D eigenvalue weighted by Gasteiger charge is 2.06. The molecule has 0 saturated carbocycles. The summed E-state index contributed by atoms with van der Waals surface area (Å²) in [7, 11) is 1.58. The zero-order valence-electron chi connectivity index (χ0n) is 9.81. The molecule has 0 aliphatic heterocycles. The molecule has 0 bridgehead atoms. The van der Waals surface area contributed by atoms with Crippen LogP contribution in [0.1, 0.15) is 10.4 Å². The lowest BCUT2D eigenvalue weighted by Crippen LogP contribution is -2.11. The van der Waals surface area contributed by atoms with Crippen LogP contribution in [-0.4, -0.2) is 13.0 Å². The third kappa shape index (κ3) is 3.02. The predicted octanol–water partition coefficient (Wildman–Crippen LogP) is 3.60. The first-order valence-electron chi connectivity index (χ1n) is 5.40. The van der Waals surface area contributed by atoms with Crippen LogP contribution in [0.2, 0.25) is 5.02 Å². The van der Waals surface area contributed by atoms with Gasteiger partial charge in [0.25, 0.3) is 5.91 Å². The fourth-order valence-corrected chi connectivity index (χ4v) is 1.72. The Morgan fingerprint density at radius 2 is 1.94 bits per heavy atom. The maximum Gasteiger partial charge on any atom is 0.255 e. The van der Waals surface area contributed by atoms with Crippen molar-refractivity contribution in [1.82, 2.24) is 0 Å². The van der Waals surface area contributed by atoms with E-state index in [0.717, 1.165) is 0 Å². The average Bonchev–Trinajstić information content (AvgIpc) is 2.39. The molecule has 2 aromatic rings. The summed E-state index contributed by atoms with van der Waals surface area (Å²) < 4.78 is 5.09. The highest BCUT2D eigenvalue weighted by atomic mass is 35.5. The minimum atomic E-state index is -0.203. The number of halogens is 1. The van der Waals surface area contributed by atoms with Crippen molar-refractivity contribution in [3.63, 3.8) is 0 Å². The van der Waals surface area contributed by atoms with Gasteiger partial charge in [-0.15, -0.1) is 0 Å². The normalized spacial score (nSPS) is 9.89. The van der Waals surface area contributed by atoms with Crippen LogP contribution in [0.3, 0.4) is 0 Å². The number of amides is 1. The number of hydrogen-bond acceptors (Lipinski definition) is 2. The second-order valence-electron chi connectivity index (χ2n) is 3.70. The van der Waals surface area contributed by atoms with Gasteiger partial charge in [-0.05, 0) is 30.3 Å². The lowest BCUT2D eigenvalue weighted by Gasteiger charge is -2.07. The second kappa shape index (κ2) is 5.56. The van der Waals surface area contributed by atoms with E-state index in [1.54, 1.807) is 43.5 Å². The molecule has 1 amide bonds. The van der Waals surface area contributed by atoms with E-state index in [9.17, 15) is 4.79 Å². The number of nitrogens with one attached hydrogen (secondary N) is 1. The SMILES string of the molecule is COc1cccc(NC(=O)c2cccc(Cl)c2)c1. The Labute approximate surface area is 110 Å². The van der Waals surface area contributed by atoms with Crippen LogP contribution >= 0.6 is 11.6 Å². The molecule has 0 fully saturated rings. The van der Waals surface area contributed by atoms with Crippen molar-refractivity contribution in [2.45, 2.75) is 0 Å². The Bertz CT molecular complexity index is 569. The predicted molar refractivity (Wildman–Crippen MR) is 72.4 cm³/mol. The highest BCUT2D eigenvalue weighted by molar-refractivity contribution is 6.31. The first kappa shape index (κ1) is 12.5. The lowest BCUT2D eigenvalue weighted by molar-refractivity contribution is 0.102. The summed E-state index contributed by atoms with van der Waals surface area (Å²) in [4.78, 5) is 12.0. The summed E-state index contributed by atoms with van der Waals surface area (Å²) in [6, 6.07) is 14.0. The van der Waals surface area contributed by atoms with E-state index in [4.69, 9.17) is 16.3 Å². The first-order chi connectivity index (χ1) is 8.69. The first-order valence-corrected chi connectivity index (χ1v) is 5.78. The van der Waals surface area contributed by atoms with Gasteiger partial charge in [-0.3, -0.25) is 4.79 Å². The maximum absolute atomic E-state index is 12.0. The van der Waals surface area contributed by atoms with Crippen LogP contribution < -0.4 is 10.1 Å². The monoisotopic (exact) mass is 261 g/mol. The van der Waals surface area contributed by atoms with Crippen LogP contribution in [0.25, 0.3) is 0 Å². The van der Waals surface area contributed by atoms with Gasteiger partial charge in [0, 0.05) is 22.3 Å². The molecule has 0 radical (unpaired) electrons. The molecule has 0 saturated heterocycles. The van der Waals surface area contributed by atoms with E-state index in [1.807, 2.05) is 12.1 Å². The van der Waals surface area contributed by atoms with Gasteiger partial charge in [-0.25, -0.2) is 0 Å². The van der Waals surface area contributed by atoms with Crippen LogP contribution in [0.5, 0.6) is 5.75 Å². The molecule has 0 heterocycles. The van der Waals surface area contributed by atoms with Gasteiger partial charge in [0.15, 0.2) is 0 Å². The quantitative estimate of drug-likeness (QED) is 0.917. The van der Waals surface area contributed by atoms with Crippen molar-refractivity contribution in [3.05, 3.63) is 59.1 Å². The molecule has 4 heteroatoms. The smallest absolute Gasteiger partial charge is 0.255 e. The van der Waals surface area contributed by atoms with Crippen molar-refractivity contribution in [3.8, 4) is 5.75 Å². The summed E-state index contributed by atoms with van der Waals surface area (Å²) >= 11 is 5.84. The largest absolute Gasteiger partial charge is 0.497 e. The van der Waals surface area contributed by atoms with E-state index in [1.165, 1.54) is 0 Å². The minimum absolute atomic E-state index is 0.203. The van der Waals surface area contributed by atoms with Gasteiger partial charge in [0.05, 0.1) is 7.11 Å². The van der Waals surface area contributed by atoms with Crippen LogP contribution in [-0.2, 0) is 0 Å². The zero-order valence-corrected chi connectivity index (χ0v) is 10.6. The summed E-state index contributed by atoms with van der Waals surface area (Å²) in [5.74, 6) is 0.490. The molecule has 2 rings (SSSR count). The Hall–Kier alpha value is -2.00. The number of carbonyl (C=O) groups is 1. The maximum atomic E-state index is 12.0. The molecule has 18 heavy (non-hydrogen) atoms. The highest BCUT2D eigenvalue weighted by Crippen LogP contribution is 2.18. The van der Waals surface area contributed by atoms with Crippen molar-refractivity contribution in [2.75, 3.05) is 12.4 Å². The van der Waals surface area contributed by atoms with Gasteiger partial charge >= 0.3 is 0 Å². The molecule has 3 nitrogen and oxygen atoms in total. The molecular weight excluding hydrogens is 250 g/mol. The number of methoxy groups -OCH3 is 1. The molecule has 0 aliphatic rings. The fourth-order valence-electron chi connectivity index (χ4n) is 1.53. The molecule has 0 atom stereocenters. The van der Waals surface area contributed by atoms with Crippen molar-refractivity contribution < 1.29 is 9.53 Å². The minimum Gasteiger partial charge on any atom is -0.497 e. The zero-order chi connectivity index (χ0) is 13.0. The van der Waals surface area contributed by atoms with E-state index in [2.05, 4.69) is 5.32 Å². The van der Waals surface area contributed by atoms with Crippen molar-refractivity contribution >= 4 is 23.2 Å². The second-order valence-corrected chi connectivity index (χ2v) is 4.13. The van der Waals surface area contributed by atoms with Crippen LogP contribution in [0.4, 0.5) is 5.69 Å². The molecule has 1 N–H and O–H groups in total. The molecule has 0 spiro atoms. The standard InChI is InChI=1S/C14H12ClNO2/c1-18-13-7-3-6-12(9-13)16-14(17)10-4-2-5-11(15)8-10/h2-9H,1H3,(H,16,17). The number of benzene rings is 2. The number of rotatable bonds is 3. The fraction of sp³-hybridized carbons (Fsp3) is 0.0714. The van der Waals surface area contributed by atoms with Gasteiger partial charge in [-0.1, -0.05) is 23.7 Å². The molecule has 0 aliphatic carbocycles. The molecule has 0 aromatic heterocycles. The third-order valence-electron chi connectivity index (χ3n) is 2.41. The van der Waals surface area contributed by atoms with E-state index < -0.39 is 0 Å². The van der Waals surface area contributed by atoms with E-state index in [0.29, 0.717) is 22.0 Å².